The van der Waals surface area contributed by atoms with Crippen molar-refractivity contribution in [2.24, 2.45) is 0 Å². The molecule has 108 valence electrons. The molecular weight excluding hydrogens is 286 g/mol. The molecule has 2 N–H and O–H groups in total. The van der Waals surface area contributed by atoms with E-state index < -0.39 is 17.9 Å². The number of carboxylic acid groups (broad SMARTS) is 1. The van der Waals surface area contributed by atoms with E-state index >= 15 is 0 Å². The maximum atomic E-state index is 12.0. The normalized spacial score (nSPS) is 14.5. The second kappa shape index (κ2) is 6.00. The molecule has 2 rings (SSSR count). The molecule has 0 aromatic heterocycles. The SMILES string of the molecule is CC[C@H](NC(=O)c1cc(Cl)c2c(c1)OCCO2)C(=O)O. The Morgan fingerprint density at radius 2 is 2.10 bits per heavy atom. The Labute approximate surface area is 120 Å². The van der Waals surface area contributed by atoms with Gasteiger partial charge in [-0.3, -0.25) is 4.79 Å². The van der Waals surface area contributed by atoms with Crippen LogP contribution in [0.25, 0.3) is 0 Å². The Bertz CT molecular complexity index is 546. The number of rotatable bonds is 4. The van der Waals surface area contributed by atoms with Crippen LogP contribution in [0, 0.1) is 0 Å². The van der Waals surface area contributed by atoms with Crippen LogP contribution in [0.3, 0.4) is 0 Å². The fraction of sp³-hybridized carbons (Fsp3) is 0.385. The summed E-state index contributed by atoms with van der Waals surface area (Å²) in [7, 11) is 0. The standard InChI is InChI=1S/C13H14ClNO5/c1-2-9(13(17)18)15-12(16)7-5-8(14)11-10(6-7)19-3-4-20-11/h5-6,9H,2-4H2,1H3,(H,15,16)(H,17,18)/t9-/m0/s1. The molecule has 0 unspecified atom stereocenters. The van der Waals surface area contributed by atoms with E-state index in [9.17, 15) is 9.59 Å². The fourth-order valence-electron chi connectivity index (χ4n) is 1.82. The van der Waals surface area contributed by atoms with Gasteiger partial charge in [0.05, 0.1) is 5.02 Å². The van der Waals surface area contributed by atoms with Crippen LogP contribution in [0.4, 0.5) is 0 Å². The number of carboxylic acids is 1. The molecule has 0 saturated carbocycles. The molecule has 1 aromatic rings. The van der Waals surface area contributed by atoms with Crippen LogP contribution >= 0.6 is 11.6 Å². The van der Waals surface area contributed by atoms with Crippen LogP contribution in [-0.4, -0.2) is 36.2 Å². The van der Waals surface area contributed by atoms with Gasteiger partial charge in [-0.2, -0.15) is 0 Å². The molecule has 0 fully saturated rings. The lowest BCUT2D eigenvalue weighted by Gasteiger charge is -2.20. The zero-order valence-corrected chi connectivity index (χ0v) is 11.6. The maximum absolute atomic E-state index is 12.0. The van der Waals surface area contributed by atoms with Gasteiger partial charge in [0.15, 0.2) is 11.5 Å². The molecule has 1 amide bonds. The van der Waals surface area contributed by atoms with E-state index in [0.717, 1.165) is 0 Å². The molecule has 7 heteroatoms. The summed E-state index contributed by atoms with van der Waals surface area (Å²) in [5.74, 6) is -0.806. The third kappa shape index (κ3) is 2.96. The van der Waals surface area contributed by atoms with Gasteiger partial charge in [-0.05, 0) is 18.6 Å². The average Bonchev–Trinajstić information content (AvgIpc) is 2.44. The smallest absolute Gasteiger partial charge is 0.326 e. The predicted molar refractivity (Wildman–Crippen MR) is 71.6 cm³/mol. The number of hydrogen-bond acceptors (Lipinski definition) is 4. The molecule has 20 heavy (non-hydrogen) atoms. The summed E-state index contributed by atoms with van der Waals surface area (Å²) >= 11 is 6.02. The van der Waals surface area contributed by atoms with Gasteiger partial charge in [-0.15, -0.1) is 0 Å². The van der Waals surface area contributed by atoms with Crippen LogP contribution in [0.15, 0.2) is 12.1 Å². The van der Waals surface area contributed by atoms with E-state index in [1.165, 1.54) is 12.1 Å². The Balaban J connectivity index is 2.22. The van der Waals surface area contributed by atoms with Crippen LogP contribution in [0.5, 0.6) is 11.5 Å². The highest BCUT2D eigenvalue weighted by Crippen LogP contribution is 2.38. The van der Waals surface area contributed by atoms with E-state index in [0.29, 0.717) is 31.1 Å². The number of aliphatic carboxylic acids is 1. The molecule has 1 heterocycles. The Hall–Kier alpha value is -1.95. The predicted octanol–water partition coefficient (Wildman–Crippen LogP) is 1.70. The topological polar surface area (TPSA) is 84.9 Å². The number of benzene rings is 1. The summed E-state index contributed by atoms with van der Waals surface area (Å²) in [6.07, 6.45) is 0.291. The minimum absolute atomic E-state index is 0.235. The van der Waals surface area contributed by atoms with Gasteiger partial charge in [-0.1, -0.05) is 18.5 Å². The lowest BCUT2D eigenvalue weighted by atomic mass is 10.1. The number of halogens is 1. The van der Waals surface area contributed by atoms with Crippen molar-refractivity contribution in [3.63, 3.8) is 0 Å². The highest BCUT2D eigenvalue weighted by Gasteiger charge is 2.22. The second-order valence-electron chi connectivity index (χ2n) is 4.25. The number of carbonyl (C=O) groups is 2. The third-order valence-electron chi connectivity index (χ3n) is 2.87. The highest BCUT2D eigenvalue weighted by molar-refractivity contribution is 6.32. The van der Waals surface area contributed by atoms with E-state index in [2.05, 4.69) is 5.32 Å². The Kier molecular flexibility index (Phi) is 4.34. The fourth-order valence-corrected chi connectivity index (χ4v) is 2.09. The van der Waals surface area contributed by atoms with Gasteiger partial charge < -0.3 is 19.9 Å². The minimum atomic E-state index is -1.08. The number of hydrogen-bond donors (Lipinski definition) is 2. The zero-order valence-electron chi connectivity index (χ0n) is 10.8. The molecular formula is C13H14ClNO5. The summed E-state index contributed by atoms with van der Waals surface area (Å²) in [5, 5.41) is 11.6. The van der Waals surface area contributed by atoms with Gasteiger partial charge in [0.2, 0.25) is 0 Å². The quantitative estimate of drug-likeness (QED) is 0.884. The number of amides is 1. The number of ether oxygens (including phenoxy) is 2. The lowest BCUT2D eigenvalue weighted by Crippen LogP contribution is -2.40. The number of nitrogens with one attached hydrogen (secondary N) is 1. The van der Waals surface area contributed by atoms with Gasteiger partial charge in [0, 0.05) is 5.56 Å². The van der Waals surface area contributed by atoms with Gasteiger partial charge in [-0.25, -0.2) is 4.79 Å². The third-order valence-corrected chi connectivity index (χ3v) is 3.15. The lowest BCUT2D eigenvalue weighted by molar-refractivity contribution is -0.139. The second-order valence-corrected chi connectivity index (χ2v) is 4.66. The van der Waals surface area contributed by atoms with Crippen LogP contribution in [-0.2, 0) is 4.79 Å². The first-order valence-electron chi connectivity index (χ1n) is 6.15. The molecule has 1 aromatic carbocycles. The van der Waals surface area contributed by atoms with E-state index in [-0.39, 0.29) is 10.6 Å². The number of carbonyl (C=O) groups excluding carboxylic acids is 1. The molecule has 1 aliphatic heterocycles. The molecule has 6 nitrogen and oxygen atoms in total. The van der Waals surface area contributed by atoms with Crippen molar-refractivity contribution in [2.45, 2.75) is 19.4 Å². The highest BCUT2D eigenvalue weighted by atomic mass is 35.5. The van der Waals surface area contributed by atoms with Crippen molar-refractivity contribution in [2.75, 3.05) is 13.2 Å². The summed E-state index contributed by atoms with van der Waals surface area (Å²) < 4.78 is 10.7. The maximum Gasteiger partial charge on any atom is 0.326 e. The van der Waals surface area contributed by atoms with E-state index in [4.69, 9.17) is 26.2 Å². The number of fused-ring (bicyclic) bond motifs is 1. The van der Waals surface area contributed by atoms with Crippen molar-refractivity contribution in [1.29, 1.82) is 0 Å². The van der Waals surface area contributed by atoms with Crippen LogP contribution in [0.1, 0.15) is 23.7 Å². The average molecular weight is 300 g/mol. The molecule has 0 saturated heterocycles. The largest absolute Gasteiger partial charge is 0.486 e. The molecule has 1 aliphatic rings. The Morgan fingerprint density at radius 3 is 2.75 bits per heavy atom. The zero-order chi connectivity index (χ0) is 14.7. The molecule has 0 bridgehead atoms. The van der Waals surface area contributed by atoms with Crippen molar-refractivity contribution >= 4 is 23.5 Å². The summed E-state index contributed by atoms with van der Waals surface area (Å²) in [6, 6.07) is 1.98. The van der Waals surface area contributed by atoms with Crippen molar-refractivity contribution in [3.8, 4) is 11.5 Å². The van der Waals surface area contributed by atoms with Crippen molar-refractivity contribution in [3.05, 3.63) is 22.7 Å². The van der Waals surface area contributed by atoms with Gasteiger partial charge in [0.1, 0.15) is 19.3 Å². The van der Waals surface area contributed by atoms with E-state index in [1.807, 2.05) is 0 Å². The van der Waals surface area contributed by atoms with Crippen LogP contribution < -0.4 is 14.8 Å². The first-order chi connectivity index (χ1) is 9.52. The van der Waals surface area contributed by atoms with Crippen molar-refractivity contribution in [1.82, 2.24) is 5.32 Å². The molecule has 1 atom stereocenters. The summed E-state index contributed by atoms with van der Waals surface area (Å²) in [5.41, 5.74) is 0.235. The molecule has 0 spiro atoms. The van der Waals surface area contributed by atoms with E-state index in [1.54, 1.807) is 6.92 Å². The minimum Gasteiger partial charge on any atom is -0.486 e. The molecule has 0 radical (unpaired) electrons. The molecule has 0 aliphatic carbocycles. The Morgan fingerprint density at radius 1 is 1.40 bits per heavy atom. The van der Waals surface area contributed by atoms with Gasteiger partial charge in [0.25, 0.3) is 5.91 Å². The van der Waals surface area contributed by atoms with Crippen molar-refractivity contribution < 1.29 is 24.2 Å². The van der Waals surface area contributed by atoms with Crippen LogP contribution in [0.2, 0.25) is 5.02 Å². The summed E-state index contributed by atoms with van der Waals surface area (Å²) in [4.78, 5) is 22.9. The monoisotopic (exact) mass is 299 g/mol. The first kappa shape index (κ1) is 14.5. The summed E-state index contributed by atoms with van der Waals surface area (Å²) in [6.45, 7) is 2.45. The first-order valence-corrected chi connectivity index (χ1v) is 6.53. The van der Waals surface area contributed by atoms with Gasteiger partial charge >= 0.3 is 5.97 Å².